The molecule has 0 saturated heterocycles. The number of ether oxygens (including phenoxy) is 1. The molecule has 0 radical (unpaired) electrons. The van der Waals surface area contributed by atoms with Gasteiger partial charge in [0.1, 0.15) is 18.2 Å². The van der Waals surface area contributed by atoms with E-state index in [9.17, 15) is 9.50 Å². The Balaban J connectivity index is 2.22. The van der Waals surface area contributed by atoms with Crippen molar-refractivity contribution in [3.8, 4) is 16.9 Å². The van der Waals surface area contributed by atoms with Crippen LogP contribution < -0.4 is 4.74 Å². The summed E-state index contributed by atoms with van der Waals surface area (Å²) in [5.74, 6) is 0.641. The first-order valence-corrected chi connectivity index (χ1v) is 11.3. The van der Waals surface area contributed by atoms with Gasteiger partial charge in [-0.2, -0.15) is 0 Å². The lowest BCUT2D eigenvalue weighted by Crippen LogP contribution is -2.08. The molecule has 0 spiro atoms. The van der Waals surface area contributed by atoms with Gasteiger partial charge in [0, 0.05) is 11.6 Å². The van der Waals surface area contributed by atoms with E-state index in [1.807, 2.05) is 43.3 Å². The highest BCUT2D eigenvalue weighted by Crippen LogP contribution is 2.41. The van der Waals surface area contributed by atoms with E-state index < -0.39 is 0 Å². The van der Waals surface area contributed by atoms with Crippen molar-refractivity contribution < 1.29 is 14.2 Å². The zero-order valence-electron chi connectivity index (χ0n) is 19.7. The molecular weight excluding hydrogens is 399 g/mol. The summed E-state index contributed by atoms with van der Waals surface area (Å²) < 4.78 is 20.3. The maximum absolute atomic E-state index is 14.2. The second-order valence-electron chi connectivity index (χ2n) is 8.70. The van der Waals surface area contributed by atoms with E-state index in [0.29, 0.717) is 18.3 Å². The SMILES string of the molecule is CC=Cc1c(C(C)C)cc(-c2ccc(F)cc2OCc2ccccc2)c(CO)c1C(C)C. The Morgan fingerprint density at radius 3 is 2.25 bits per heavy atom. The average molecular weight is 433 g/mol. The molecule has 0 aliphatic rings. The van der Waals surface area contributed by atoms with Crippen LogP contribution in [0.3, 0.4) is 0 Å². The molecular formula is C29H33FO2. The summed E-state index contributed by atoms with van der Waals surface area (Å²) in [5.41, 5.74) is 7.08. The van der Waals surface area contributed by atoms with Crippen LogP contribution in [0.25, 0.3) is 17.2 Å². The van der Waals surface area contributed by atoms with Crippen molar-refractivity contribution in [2.24, 2.45) is 0 Å². The summed E-state index contributed by atoms with van der Waals surface area (Å²) in [4.78, 5) is 0. The second-order valence-corrected chi connectivity index (χ2v) is 8.70. The summed E-state index contributed by atoms with van der Waals surface area (Å²) >= 11 is 0. The van der Waals surface area contributed by atoms with Crippen LogP contribution in [0.4, 0.5) is 4.39 Å². The van der Waals surface area contributed by atoms with Crippen LogP contribution in [0.2, 0.25) is 0 Å². The van der Waals surface area contributed by atoms with Gasteiger partial charge < -0.3 is 9.84 Å². The zero-order valence-corrected chi connectivity index (χ0v) is 19.7. The highest BCUT2D eigenvalue weighted by atomic mass is 19.1. The van der Waals surface area contributed by atoms with Gasteiger partial charge in [0.05, 0.1) is 6.61 Å². The Morgan fingerprint density at radius 1 is 0.938 bits per heavy atom. The van der Waals surface area contributed by atoms with Crippen LogP contribution in [-0.4, -0.2) is 5.11 Å². The van der Waals surface area contributed by atoms with E-state index in [-0.39, 0.29) is 18.3 Å². The summed E-state index contributed by atoms with van der Waals surface area (Å²) in [5, 5.41) is 10.4. The fraction of sp³-hybridized carbons (Fsp3) is 0.310. The molecule has 0 aliphatic heterocycles. The molecule has 3 heteroatoms. The van der Waals surface area contributed by atoms with Crippen molar-refractivity contribution in [1.82, 2.24) is 0 Å². The van der Waals surface area contributed by atoms with Crippen LogP contribution in [0.1, 0.15) is 74.3 Å². The largest absolute Gasteiger partial charge is 0.488 e. The normalized spacial score (nSPS) is 11.7. The number of benzene rings is 3. The maximum Gasteiger partial charge on any atom is 0.130 e. The Bertz CT molecular complexity index is 1080. The molecule has 0 atom stereocenters. The predicted molar refractivity (Wildman–Crippen MR) is 131 cm³/mol. The molecule has 0 aliphatic carbocycles. The molecule has 32 heavy (non-hydrogen) atoms. The van der Waals surface area contributed by atoms with Gasteiger partial charge in [0.15, 0.2) is 0 Å². The molecule has 0 amide bonds. The van der Waals surface area contributed by atoms with Crippen LogP contribution >= 0.6 is 0 Å². The highest BCUT2D eigenvalue weighted by molar-refractivity contribution is 5.79. The van der Waals surface area contributed by atoms with E-state index in [0.717, 1.165) is 27.8 Å². The van der Waals surface area contributed by atoms with Gasteiger partial charge in [0.25, 0.3) is 0 Å². The lowest BCUT2D eigenvalue weighted by Gasteiger charge is -2.25. The third kappa shape index (κ3) is 5.11. The number of aliphatic hydroxyl groups excluding tert-OH is 1. The number of halogens is 1. The first kappa shape index (κ1) is 23.7. The summed E-state index contributed by atoms with van der Waals surface area (Å²) in [7, 11) is 0. The summed E-state index contributed by atoms with van der Waals surface area (Å²) in [6.07, 6.45) is 4.17. The minimum Gasteiger partial charge on any atom is -0.488 e. The van der Waals surface area contributed by atoms with E-state index in [1.165, 1.54) is 23.3 Å². The van der Waals surface area contributed by atoms with Gasteiger partial charge >= 0.3 is 0 Å². The molecule has 3 rings (SSSR count). The van der Waals surface area contributed by atoms with Gasteiger partial charge in [-0.05, 0) is 70.3 Å². The molecule has 0 unspecified atom stereocenters. The Hall–Kier alpha value is -2.91. The lowest BCUT2D eigenvalue weighted by molar-refractivity contribution is 0.280. The molecule has 3 aromatic carbocycles. The van der Waals surface area contributed by atoms with E-state index in [4.69, 9.17) is 4.74 Å². The number of aliphatic hydroxyl groups is 1. The Morgan fingerprint density at radius 2 is 1.66 bits per heavy atom. The number of hydrogen-bond donors (Lipinski definition) is 1. The van der Waals surface area contributed by atoms with E-state index in [2.05, 4.69) is 39.8 Å². The van der Waals surface area contributed by atoms with Crippen molar-refractivity contribution in [3.05, 3.63) is 94.3 Å². The van der Waals surface area contributed by atoms with Crippen LogP contribution in [-0.2, 0) is 13.2 Å². The van der Waals surface area contributed by atoms with Crippen molar-refractivity contribution in [3.63, 3.8) is 0 Å². The fourth-order valence-electron chi connectivity index (χ4n) is 4.26. The first-order valence-electron chi connectivity index (χ1n) is 11.3. The molecule has 0 saturated carbocycles. The topological polar surface area (TPSA) is 29.5 Å². The van der Waals surface area contributed by atoms with Crippen LogP contribution in [0.15, 0.2) is 60.7 Å². The van der Waals surface area contributed by atoms with Crippen LogP contribution in [0, 0.1) is 5.82 Å². The minimum absolute atomic E-state index is 0.0960. The van der Waals surface area contributed by atoms with Crippen molar-refractivity contribution in [2.45, 2.75) is 59.7 Å². The number of rotatable bonds is 8. The molecule has 168 valence electrons. The number of hydrogen-bond acceptors (Lipinski definition) is 2. The summed E-state index contributed by atoms with van der Waals surface area (Å²) in [6, 6.07) is 16.6. The average Bonchev–Trinajstić information content (AvgIpc) is 2.77. The lowest BCUT2D eigenvalue weighted by atomic mass is 9.81. The second kappa shape index (κ2) is 10.6. The zero-order chi connectivity index (χ0) is 23.3. The van der Waals surface area contributed by atoms with Crippen molar-refractivity contribution >= 4 is 6.08 Å². The van der Waals surface area contributed by atoms with Gasteiger partial charge in [-0.3, -0.25) is 0 Å². The molecule has 0 aromatic heterocycles. The standard InChI is InChI=1S/C29H33FO2/c1-6-10-24-25(19(2)3)16-26(27(17-31)29(24)20(4)5)23-14-13-22(30)15-28(23)32-18-21-11-8-7-9-12-21/h6-16,19-20,31H,17-18H2,1-5H3. The molecule has 0 heterocycles. The van der Waals surface area contributed by atoms with E-state index in [1.54, 1.807) is 6.07 Å². The Labute approximate surface area is 191 Å². The number of allylic oxidation sites excluding steroid dienone is 1. The molecule has 2 nitrogen and oxygen atoms in total. The van der Waals surface area contributed by atoms with Gasteiger partial charge in [-0.25, -0.2) is 4.39 Å². The summed E-state index contributed by atoms with van der Waals surface area (Å²) in [6.45, 7) is 10.9. The van der Waals surface area contributed by atoms with Crippen molar-refractivity contribution in [1.29, 1.82) is 0 Å². The van der Waals surface area contributed by atoms with Gasteiger partial charge in [-0.15, -0.1) is 0 Å². The third-order valence-corrected chi connectivity index (χ3v) is 5.71. The molecule has 0 bridgehead atoms. The first-order chi connectivity index (χ1) is 15.4. The highest BCUT2D eigenvalue weighted by Gasteiger charge is 2.22. The van der Waals surface area contributed by atoms with Crippen LogP contribution in [0.5, 0.6) is 5.75 Å². The van der Waals surface area contributed by atoms with Crippen molar-refractivity contribution in [2.75, 3.05) is 0 Å². The van der Waals surface area contributed by atoms with Gasteiger partial charge in [-0.1, -0.05) is 70.2 Å². The molecule has 3 aromatic rings. The maximum atomic E-state index is 14.2. The fourth-order valence-corrected chi connectivity index (χ4v) is 4.26. The van der Waals surface area contributed by atoms with E-state index >= 15 is 0 Å². The Kier molecular flexibility index (Phi) is 7.87. The molecule has 0 fully saturated rings. The van der Waals surface area contributed by atoms with Gasteiger partial charge in [0.2, 0.25) is 0 Å². The predicted octanol–water partition coefficient (Wildman–Crippen LogP) is 7.84. The molecule has 1 N–H and O–H groups in total. The third-order valence-electron chi connectivity index (χ3n) is 5.71. The smallest absolute Gasteiger partial charge is 0.130 e. The quantitative estimate of drug-likeness (QED) is 0.393. The monoisotopic (exact) mass is 432 g/mol. The minimum atomic E-state index is -0.346.